The van der Waals surface area contributed by atoms with Crippen molar-refractivity contribution in [2.75, 3.05) is 13.2 Å². The lowest BCUT2D eigenvalue weighted by Crippen LogP contribution is -2.22. The van der Waals surface area contributed by atoms with Gasteiger partial charge >= 0.3 is 6.09 Å². The molecule has 1 saturated heterocycles. The standard InChI is InChI=1S/C14H18N2O3/c15-13-3-1-2-9-4-5-10(6-12(9)13)18-8-11-7-16-14(17)19-11/h4-6,11,13H,1-3,7-8,15H2,(H,16,17)/t11?,13-/m0/s1. The van der Waals surface area contributed by atoms with Crippen LogP contribution in [0.2, 0.25) is 0 Å². The fourth-order valence-corrected chi connectivity index (χ4v) is 2.62. The number of nitrogens with one attached hydrogen (secondary N) is 1. The minimum absolute atomic E-state index is 0.110. The van der Waals surface area contributed by atoms with Crippen LogP contribution in [0.5, 0.6) is 5.75 Å². The number of carbonyl (C=O) groups is 1. The summed E-state index contributed by atoms with van der Waals surface area (Å²) in [6.07, 6.45) is 2.69. The van der Waals surface area contributed by atoms with Crippen molar-refractivity contribution in [3.8, 4) is 5.75 Å². The summed E-state index contributed by atoms with van der Waals surface area (Å²) in [5, 5.41) is 2.60. The van der Waals surface area contributed by atoms with E-state index in [-0.39, 0.29) is 18.2 Å². The van der Waals surface area contributed by atoms with Crippen molar-refractivity contribution in [1.29, 1.82) is 0 Å². The molecule has 3 N–H and O–H groups in total. The third kappa shape index (κ3) is 2.66. The largest absolute Gasteiger partial charge is 0.490 e. The lowest BCUT2D eigenvalue weighted by atomic mass is 9.88. The Morgan fingerprint density at radius 3 is 3.16 bits per heavy atom. The molecule has 3 rings (SSSR count). The second-order valence-electron chi connectivity index (χ2n) is 5.08. The second-order valence-corrected chi connectivity index (χ2v) is 5.08. The SMILES string of the molecule is N[C@H]1CCCc2ccc(OCC3CNC(=O)O3)cc21. The zero-order valence-corrected chi connectivity index (χ0v) is 10.7. The zero-order chi connectivity index (χ0) is 13.2. The van der Waals surface area contributed by atoms with Gasteiger partial charge in [0, 0.05) is 6.04 Å². The highest BCUT2D eigenvalue weighted by Gasteiger charge is 2.23. The number of nitrogens with two attached hydrogens (primary N) is 1. The third-order valence-electron chi connectivity index (χ3n) is 3.66. The molecule has 102 valence electrons. The Kier molecular flexibility index (Phi) is 3.29. The highest BCUT2D eigenvalue weighted by molar-refractivity contribution is 5.69. The first-order valence-corrected chi connectivity index (χ1v) is 6.68. The number of rotatable bonds is 3. The Morgan fingerprint density at radius 2 is 2.37 bits per heavy atom. The summed E-state index contributed by atoms with van der Waals surface area (Å²) in [5.74, 6) is 0.791. The normalized spacial score (nSPS) is 25.4. The monoisotopic (exact) mass is 262 g/mol. The molecule has 0 bridgehead atoms. The Labute approximate surface area is 112 Å². The topological polar surface area (TPSA) is 73.6 Å². The number of aryl methyl sites for hydroxylation is 1. The summed E-state index contributed by atoms with van der Waals surface area (Å²) in [6.45, 7) is 0.871. The molecule has 0 aromatic heterocycles. The highest BCUT2D eigenvalue weighted by atomic mass is 16.6. The molecular weight excluding hydrogens is 244 g/mol. The number of carbonyl (C=O) groups excluding carboxylic acids is 1. The molecule has 0 spiro atoms. The summed E-state index contributed by atoms with van der Waals surface area (Å²) < 4.78 is 10.7. The van der Waals surface area contributed by atoms with Crippen LogP contribution < -0.4 is 15.8 Å². The van der Waals surface area contributed by atoms with E-state index in [1.54, 1.807) is 0 Å². The van der Waals surface area contributed by atoms with Crippen molar-refractivity contribution >= 4 is 6.09 Å². The van der Waals surface area contributed by atoms with Crippen LogP contribution in [-0.2, 0) is 11.2 Å². The summed E-state index contributed by atoms with van der Waals surface area (Å²) in [5.41, 5.74) is 8.62. The Morgan fingerprint density at radius 1 is 1.47 bits per heavy atom. The van der Waals surface area contributed by atoms with E-state index < -0.39 is 0 Å². The maximum absolute atomic E-state index is 10.9. The number of hydrogen-bond donors (Lipinski definition) is 2. The molecule has 5 heteroatoms. The van der Waals surface area contributed by atoms with Crippen LogP contribution >= 0.6 is 0 Å². The first kappa shape index (κ1) is 12.3. The van der Waals surface area contributed by atoms with E-state index in [9.17, 15) is 4.79 Å². The van der Waals surface area contributed by atoms with Gasteiger partial charge in [-0.3, -0.25) is 0 Å². The molecule has 1 unspecified atom stereocenters. The minimum atomic E-state index is -0.374. The lowest BCUT2D eigenvalue weighted by molar-refractivity contribution is 0.105. The Bertz CT molecular complexity index is 490. The van der Waals surface area contributed by atoms with Crippen molar-refractivity contribution in [3.05, 3.63) is 29.3 Å². The molecule has 1 aromatic carbocycles. The average molecular weight is 262 g/mol. The first-order valence-electron chi connectivity index (χ1n) is 6.68. The number of benzene rings is 1. The molecule has 1 aliphatic heterocycles. The highest BCUT2D eigenvalue weighted by Crippen LogP contribution is 2.30. The Hall–Kier alpha value is -1.75. The van der Waals surface area contributed by atoms with Crippen LogP contribution in [0.15, 0.2) is 18.2 Å². The smallest absolute Gasteiger partial charge is 0.407 e. The maximum Gasteiger partial charge on any atom is 0.407 e. The maximum atomic E-state index is 10.9. The molecule has 19 heavy (non-hydrogen) atoms. The molecule has 1 heterocycles. The van der Waals surface area contributed by atoms with Gasteiger partial charge in [0.1, 0.15) is 12.4 Å². The minimum Gasteiger partial charge on any atom is -0.490 e. The van der Waals surface area contributed by atoms with Crippen LogP contribution in [0.4, 0.5) is 4.79 Å². The molecule has 1 aromatic rings. The van der Waals surface area contributed by atoms with E-state index in [1.165, 1.54) is 11.1 Å². The molecule has 1 amide bonds. The van der Waals surface area contributed by atoms with Gasteiger partial charge < -0.3 is 20.5 Å². The molecular formula is C14H18N2O3. The van der Waals surface area contributed by atoms with Crippen LogP contribution in [0.25, 0.3) is 0 Å². The van der Waals surface area contributed by atoms with E-state index in [4.69, 9.17) is 15.2 Å². The molecule has 1 fully saturated rings. The van der Waals surface area contributed by atoms with Gasteiger partial charge in [-0.25, -0.2) is 4.79 Å². The van der Waals surface area contributed by atoms with E-state index in [2.05, 4.69) is 11.4 Å². The van der Waals surface area contributed by atoms with Gasteiger partial charge in [0.15, 0.2) is 6.10 Å². The van der Waals surface area contributed by atoms with Gasteiger partial charge in [-0.15, -0.1) is 0 Å². The van der Waals surface area contributed by atoms with E-state index in [0.29, 0.717) is 13.2 Å². The molecule has 5 nitrogen and oxygen atoms in total. The number of fused-ring (bicyclic) bond motifs is 1. The Balaban J connectivity index is 1.65. The summed E-state index contributed by atoms with van der Waals surface area (Å²) in [4.78, 5) is 10.9. The molecule has 1 aliphatic carbocycles. The average Bonchev–Trinajstić information content (AvgIpc) is 2.83. The fourth-order valence-electron chi connectivity index (χ4n) is 2.62. The number of cyclic esters (lactones) is 1. The van der Waals surface area contributed by atoms with Gasteiger partial charge in [-0.1, -0.05) is 6.07 Å². The van der Waals surface area contributed by atoms with E-state index in [0.717, 1.165) is 25.0 Å². The third-order valence-corrected chi connectivity index (χ3v) is 3.66. The van der Waals surface area contributed by atoms with E-state index >= 15 is 0 Å². The van der Waals surface area contributed by atoms with Crippen molar-refractivity contribution < 1.29 is 14.3 Å². The fraction of sp³-hybridized carbons (Fsp3) is 0.500. The van der Waals surface area contributed by atoms with Crippen LogP contribution in [0, 0.1) is 0 Å². The second kappa shape index (κ2) is 5.09. The number of amides is 1. The summed E-state index contributed by atoms with van der Waals surface area (Å²) >= 11 is 0. The van der Waals surface area contributed by atoms with Gasteiger partial charge in [0.25, 0.3) is 0 Å². The number of ether oxygens (including phenoxy) is 2. The van der Waals surface area contributed by atoms with Crippen molar-refractivity contribution in [2.24, 2.45) is 5.73 Å². The zero-order valence-electron chi connectivity index (χ0n) is 10.7. The van der Waals surface area contributed by atoms with Crippen LogP contribution in [-0.4, -0.2) is 25.3 Å². The van der Waals surface area contributed by atoms with Crippen LogP contribution in [0.1, 0.15) is 30.0 Å². The number of alkyl carbamates (subject to hydrolysis) is 1. The predicted octanol–water partition coefficient (Wildman–Crippen LogP) is 1.51. The van der Waals surface area contributed by atoms with E-state index in [1.807, 2.05) is 12.1 Å². The molecule has 2 atom stereocenters. The molecule has 2 aliphatic rings. The predicted molar refractivity (Wildman–Crippen MR) is 70.1 cm³/mol. The van der Waals surface area contributed by atoms with Crippen LogP contribution in [0.3, 0.4) is 0 Å². The quantitative estimate of drug-likeness (QED) is 0.866. The van der Waals surface area contributed by atoms with Gasteiger partial charge in [-0.2, -0.15) is 0 Å². The summed E-state index contributed by atoms with van der Waals surface area (Å²) in [7, 11) is 0. The van der Waals surface area contributed by atoms with Gasteiger partial charge in [0.2, 0.25) is 0 Å². The van der Waals surface area contributed by atoms with Gasteiger partial charge in [0.05, 0.1) is 6.54 Å². The molecule has 0 radical (unpaired) electrons. The summed E-state index contributed by atoms with van der Waals surface area (Å²) in [6, 6.07) is 6.17. The first-order chi connectivity index (χ1) is 9.22. The van der Waals surface area contributed by atoms with Crippen molar-refractivity contribution in [1.82, 2.24) is 5.32 Å². The van der Waals surface area contributed by atoms with Gasteiger partial charge in [-0.05, 0) is 42.5 Å². The number of hydrogen-bond acceptors (Lipinski definition) is 4. The lowest BCUT2D eigenvalue weighted by Gasteiger charge is -2.23. The van der Waals surface area contributed by atoms with Crippen molar-refractivity contribution in [2.45, 2.75) is 31.4 Å². The molecule has 0 saturated carbocycles. The van der Waals surface area contributed by atoms with Crippen molar-refractivity contribution in [3.63, 3.8) is 0 Å².